The summed E-state index contributed by atoms with van der Waals surface area (Å²) < 4.78 is 11.2. The van der Waals surface area contributed by atoms with Gasteiger partial charge in [-0.15, -0.1) is 0 Å². The Hall–Kier alpha value is -3.87. The maximum atomic E-state index is 11.5. The van der Waals surface area contributed by atoms with Gasteiger partial charge in [-0.05, 0) is 18.8 Å². The zero-order chi connectivity index (χ0) is 33.8. The van der Waals surface area contributed by atoms with E-state index in [1.54, 1.807) is 26.6 Å². The molecule has 3 N–H and O–H groups in total. The third kappa shape index (κ3) is 7.40. The molecule has 2 aromatic carbocycles. The molecule has 2 fully saturated rings. The number of carbonyl (C=O) groups excluding carboxylic acids is 1. The number of carbonyl (C=O) groups is 1. The molecule has 3 atom stereocenters. The second kappa shape index (κ2) is 15.1. The van der Waals surface area contributed by atoms with E-state index in [-0.39, 0.29) is 24.0 Å². The molecule has 4 heterocycles. The van der Waals surface area contributed by atoms with Crippen LogP contribution in [0.1, 0.15) is 37.6 Å². The average molecular weight is 693 g/mol. The summed E-state index contributed by atoms with van der Waals surface area (Å²) >= 11 is 14.1. The van der Waals surface area contributed by atoms with E-state index < -0.39 is 0 Å². The highest BCUT2D eigenvalue weighted by atomic mass is 35.5. The van der Waals surface area contributed by atoms with Crippen LogP contribution in [0.5, 0.6) is 11.8 Å². The number of ether oxygens (including phenoxy) is 2. The van der Waals surface area contributed by atoms with E-state index in [4.69, 9.17) is 47.6 Å². The van der Waals surface area contributed by atoms with Gasteiger partial charge in [-0.3, -0.25) is 19.7 Å². The van der Waals surface area contributed by atoms with Crippen LogP contribution < -0.4 is 20.1 Å². The highest BCUT2D eigenvalue weighted by Gasteiger charge is 2.26. The van der Waals surface area contributed by atoms with Crippen LogP contribution in [0.4, 0.5) is 0 Å². The Balaban J connectivity index is 1.23. The molecule has 2 aliphatic rings. The SMILES string of the molecule is COc1nc(-c2cccc(-c3cccc(-c4cnc(CN5CC[C@@H](O)[C@H](C)C5)c(OC)n4)c3Cl)c2Cl)cnc1CNCC1CCC(=O)N1. The molecule has 48 heavy (non-hydrogen) atoms. The van der Waals surface area contributed by atoms with Gasteiger partial charge in [0.05, 0.1) is 54.2 Å². The van der Waals surface area contributed by atoms with Gasteiger partial charge in [0.1, 0.15) is 11.4 Å². The number of benzene rings is 2. The Morgan fingerprint density at radius 3 is 2.06 bits per heavy atom. The molecule has 1 amide bonds. The molecule has 11 nitrogen and oxygen atoms in total. The lowest BCUT2D eigenvalue weighted by Crippen LogP contribution is -2.41. The molecule has 2 aliphatic heterocycles. The van der Waals surface area contributed by atoms with Gasteiger partial charge in [0.25, 0.3) is 0 Å². The van der Waals surface area contributed by atoms with Crippen molar-refractivity contribution in [2.75, 3.05) is 33.9 Å². The molecular weight excluding hydrogens is 653 g/mol. The molecule has 0 aliphatic carbocycles. The molecule has 1 unspecified atom stereocenters. The van der Waals surface area contributed by atoms with Gasteiger partial charge in [-0.25, -0.2) is 9.97 Å². The van der Waals surface area contributed by atoms with Crippen molar-refractivity contribution in [2.45, 2.75) is 51.4 Å². The van der Waals surface area contributed by atoms with Crippen LogP contribution in [0.15, 0.2) is 48.8 Å². The first-order valence-corrected chi connectivity index (χ1v) is 16.8. The number of hydrogen-bond donors (Lipinski definition) is 3. The molecule has 0 saturated carbocycles. The van der Waals surface area contributed by atoms with Gasteiger partial charge in [0, 0.05) is 67.4 Å². The number of aromatic nitrogens is 4. The van der Waals surface area contributed by atoms with Crippen molar-refractivity contribution in [3.05, 3.63) is 70.2 Å². The zero-order valence-electron chi connectivity index (χ0n) is 27.2. The van der Waals surface area contributed by atoms with E-state index in [1.807, 2.05) is 36.4 Å². The lowest BCUT2D eigenvalue weighted by molar-refractivity contribution is -0.119. The molecule has 4 aromatic rings. The number of piperidine rings is 1. The predicted molar refractivity (Wildman–Crippen MR) is 185 cm³/mol. The molecule has 0 bridgehead atoms. The quantitative estimate of drug-likeness (QED) is 0.194. The van der Waals surface area contributed by atoms with Crippen LogP contribution in [0.3, 0.4) is 0 Å². The van der Waals surface area contributed by atoms with Gasteiger partial charge in [-0.1, -0.05) is 66.5 Å². The monoisotopic (exact) mass is 691 g/mol. The van der Waals surface area contributed by atoms with Gasteiger partial charge < -0.3 is 25.2 Å². The number of nitrogens with one attached hydrogen (secondary N) is 2. The number of hydrogen-bond acceptors (Lipinski definition) is 10. The van der Waals surface area contributed by atoms with Crippen molar-refractivity contribution in [1.82, 2.24) is 35.5 Å². The molecule has 13 heteroatoms. The lowest BCUT2D eigenvalue weighted by atomic mass is 9.97. The molecule has 2 aromatic heterocycles. The molecule has 6 rings (SSSR count). The fourth-order valence-electron chi connectivity index (χ4n) is 6.26. The number of aliphatic hydroxyl groups is 1. The van der Waals surface area contributed by atoms with Crippen LogP contribution in [0.2, 0.25) is 10.0 Å². The third-order valence-corrected chi connectivity index (χ3v) is 9.75. The number of nitrogens with zero attached hydrogens (tertiary/aromatic N) is 5. The highest BCUT2D eigenvalue weighted by molar-refractivity contribution is 6.39. The maximum absolute atomic E-state index is 11.5. The smallest absolute Gasteiger partial charge is 0.237 e. The standard InChI is InChI=1S/C35H39Cl2N7O4/c1-20-18-44(13-12-30(20)45)19-29-35(48-3)43-27(17-40-29)25-9-5-7-23(33(25)37)22-6-4-8-24(32(22)36)26-16-39-28(34(42-26)47-2)15-38-14-21-10-11-31(46)41-21/h4-9,16-17,20-21,30,38,45H,10-15,18-19H2,1-3H3,(H,41,46)/t20-,21?,30-/m1/s1. The first kappa shape index (κ1) is 34.0. The number of halogens is 2. The van der Waals surface area contributed by atoms with E-state index in [9.17, 15) is 9.90 Å². The Bertz CT molecular complexity index is 1790. The summed E-state index contributed by atoms with van der Waals surface area (Å²) in [7, 11) is 3.14. The van der Waals surface area contributed by atoms with Gasteiger partial charge in [0.2, 0.25) is 17.7 Å². The largest absolute Gasteiger partial charge is 0.480 e. The van der Waals surface area contributed by atoms with Gasteiger partial charge >= 0.3 is 0 Å². The minimum atomic E-state index is -0.274. The minimum absolute atomic E-state index is 0.0832. The minimum Gasteiger partial charge on any atom is -0.480 e. The summed E-state index contributed by atoms with van der Waals surface area (Å²) in [6.07, 6.45) is 5.22. The van der Waals surface area contributed by atoms with Crippen molar-refractivity contribution < 1.29 is 19.4 Å². The van der Waals surface area contributed by atoms with Crippen molar-refractivity contribution in [3.8, 4) is 45.4 Å². The lowest BCUT2D eigenvalue weighted by Gasteiger charge is -2.34. The van der Waals surface area contributed by atoms with E-state index in [0.29, 0.717) is 76.1 Å². The molecular formula is C35H39Cl2N7O4. The van der Waals surface area contributed by atoms with Crippen molar-refractivity contribution >= 4 is 29.1 Å². The van der Waals surface area contributed by atoms with Gasteiger partial charge in [0.15, 0.2) is 0 Å². The summed E-state index contributed by atoms with van der Waals surface area (Å²) in [6.45, 7) is 5.28. The summed E-state index contributed by atoms with van der Waals surface area (Å²) in [5.74, 6) is 1.10. The van der Waals surface area contributed by atoms with Crippen LogP contribution >= 0.6 is 23.2 Å². The number of likely N-dealkylation sites (tertiary alicyclic amines) is 1. The van der Waals surface area contributed by atoms with Gasteiger partial charge in [-0.2, -0.15) is 0 Å². The number of aliphatic hydroxyl groups excluding tert-OH is 1. The normalized spacial score (nSPS) is 19.7. The van der Waals surface area contributed by atoms with E-state index in [0.717, 1.165) is 42.8 Å². The zero-order valence-corrected chi connectivity index (χ0v) is 28.7. The summed E-state index contributed by atoms with van der Waals surface area (Å²) in [6, 6.07) is 11.5. The number of rotatable bonds is 11. The van der Waals surface area contributed by atoms with Crippen LogP contribution in [-0.2, 0) is 17.9 Å². The summed E-state index contributed by atoms with van der Waals surface area (Å²) in [5.41, 5.74) is 5.34. The van der Waals surface area contributed by atoms with Crippen molar-refractivity contribution in [2.24, 2.45) is 5.92 Å². The number of amides is 1. The molecule has 252 valence electrons. The van der Waals surface area contributed by atoms with E-state index in [2.05, 4.69) is 27.4 Å². The Kier molecular flexibility index (Phi) is 10.7. The third-order valence-electron chi connectivity index (χ3n) is 8.93. The van der Waals surface area contributed by atoms with E-state index in [1.165, 1.54) is 0 Å². The molecule has 0 spiro atoms. The van der Waals surface area contributed by atoms with Crippen molar-refractivity contribution in [3.63, 3.8) is 0 Å². The van der Waals surface area contributed by atoms with Crippen LogP contribution in [0, 0.1) is 5.92 Å². The van der Waals surface area contributed by atoms with E-state index >= 15 is 0 Å². The van der Waals surface area contributed by atoms with Crippen LogP contribution in [0.25, 0.3) is 33.6 Å². The Morgan fingerprint density at radius 2 is 1.50 bits per heavy atom. The maximum Gasteiger partial charge on any atom is 0.237 e. The van der Waals surface area contributed by atoms with Crippen LogP contribution in [-0.4, -0.2) is 81.8 Å². The average Bonchev–Trinajstić information content (AvgIpc) is 3.51. The fourth-order valence-corrected chi connectivity index (χ4v) is 6.91. The summed E-state index contributed by atoms with van der Waals surface area (Å²) in [4.78, 5) is 32.6. The molecule has 0 radical (unpaired) electrons. The molecule has 2 saturated heterocycles. The second-order valence-electron chi connectivity index (χ2n) is 12.3. The second-order valence-corrected chi connectivity index (χ2v) is 13.0. The summed E-state index contributed by atoms with van der Waals surface area (Å²) in [5, 5.41) is 17.3. The fraction of sp³-hybridized carbons (Fsp3) is 0.400. The van der Waals surface area contributed by atoms with Crippen molar-refractivity contribution in [1.29, 1.82) is 0 Å². The first-order chi connectivity index (χ1) is 23.2. The topological polar surface area (TPSA) is 135 Å². The Labute approximate surface area is 290 Å². The predicted octanol–water partition coefficient (Wildman–Crippen LogP) is 5.16. The highest BCUT2D eigenvalue weighted by Crippen LogP contribution is 2.42. The first-order valence-electron chi connectivity index (χ1n) is 16.0. The number of methoxy groups -OCH3 is 2. The Morgan fingerprint density at radius 1 is 0.917 bits per heavy atom.